The number of hydrogen-bond acceptors (Lipinski definition) is 3. The van der Waals surface area contributed by atoms with Gasteiger partial charge < -0.3 is 15.3 Å². The maximum absolute atomic E-state index is 9.53. The van der Waals surface area contributed by atoms with Crippen LogP contribution in [0, 0.1) is 6.07 Å². The Labute approximate surface area is 133 Å². The first-order valence-electron chi connectivity index (χ1n) is 6.08. The van der Waals surface area contributed by atoms with Crippen molar-refractivity contribution in [2.75, 3.05) is 0 Å². The minimum Gasteiger partial charge on any atom is -0.852 e. The third-order valence-electron chi connectivity index (χ3n) is 0.607. The zero-order chi connectivity index (χ0) is 15.0. The molecule has 0 N–H and O–H groups in total. The van der Waals surface area contributed by atoms with Crippen LogP contribution in [0.5, 0.6) is 0 Å². The monoisotopic (exact) mass is 302 g/mol. The molecular weight excluding hydrogens is 276 g/mol. The average Bonchev–Trinajstić information content (AvgIpc) is 2.17. The van der Waals surface area contributed by atoms with Gasteiger partial charge in [-0.1, -0.05) is 41.5 Å². The molecule has 0 fully saturated rings. The first-order valence-corrected chi connectivity index (χ1v) is 6.08. The van der Waals surface area contributed by atoms with Crippen molar-refractivity contribution in [3.63, 3.8) is 0 Å². The molecule has 0 atom stereocenters. The predicted octanol–water partition coefficient (Wildman–Crippen LogP) is 0.750. The topological polar surface area (TPSA) is 69.2 Å². The van der Waals surface area contributed by atoms with Crippen LogP contribution in [-0.4, -0.2) is 18.3 Å². The van der Waals surface area contributed by atoms with Crippen LogP contribution < -0.4 is 15.3 Å². The zero-order valence-electron chi connectivity index (χ0n) is 12.8. The van der Waals surface area contributed by atoms with Gasteiger partial charge in [-0.05, 0) is 0 Å². The maximum atomic E-state index is 9.53. The van der Waals surface area contributed by atoms with Gasteiger partial charge in [0.15, 0.2) is 0 Å². The second kappa shape index (κ2) is 22.9. The van der Waals surface area contributed by atoms with Gasteiger partial charge in [-0.3, -0.25) is 0 Å². The van der Waals surface area contributed by atoms with Crippen LogP contribution in [0.2, 0.25) is 0 Å². The average molecular weight is 302 g/mol. The van der Waals surface area contributed by atoms with Crippen molar-refractivity contribution in [3.05, 3.63) is 36.4 Å². The first kappa shape index (κ1) is 27.2. The Morgan fingerprint density at radius 1 is 0.632 bits per heavy atom. The molecule has 0 aliphatic carbocycles. The molecule has 0 saturated heterocycles. The van der Waals surface area contributed by atoms with Crippen LogP contribution in [0.4, 0.5) is 0 Å². The summed E-state index contributed by atoms with van der Waals surface area (Å²) in [5.41, 5.74) is 0. The molecule has 1 aromatic rings. The van der Waals surface area contributed by atoms with Crippen molar-refractivity contribution in [2.24, 2.45) is 0 Å². The molecule has 0 saturated carbocycles. The molecule has 0 amide bonds. The molecule has 0 bridgehead atoms. The molecule has 1 rings (SSSR count). The van der Waals surface area contributed by atoms with Gasteiger partial charge in [0.05, 0.1) is 0 Å². The Hall–Kier alpha value is -0.186. The Balaban J connectivity index is -0.0000000796. The molecule has 0 aromatic heterocycles. The summed E-state index contributed by atoms with van der Waals surface area (Å²) in [6, 6.07) is 12.5. The minimum atomic E-state index is -0.417. The summed E-state index contributed by atoms with van der Waals surface area (Å²) < 4.78 is 0. The molecule has 0 radical (unpaired) electrons. The van der Waals surface area contributed by atoms with Crippen LogP contribution in [0.3, 0.4) is 0 Å². The van der Waals surface area contributed by atoms with E-state index in [1.54, 1.807) is 41.5 Å². The second-order valence-electron chi connectivity index (χ2n) is 4.22. The van der Waals surface area contributed by atoms with Gasteiger partial charge in [-0.2, -0.15) is 36.4 Å². The van der Waals surface area contributed by atoms with Gasteiger partial charge in [0.1, 0.15) is 0 Å². The van der Waals surface area contributed by atoms with Crippen molar-refractivity contribution in [1.82, 2.24) is 0 Å². The second-order valence-corrected chi connectivity index (χ2v) is 4.22. The molecular formula is C15H26O3Ti. The van der Waals surface area contributed by atoms with E-state index in [0.717, 1.165) is 0 Å². The molecule has 19 heavy (non-hydrogen) atoms. The Morgan fingerprint density at radius 3 is 0.895 bits per heavy atom. The van der Waals surface area contributed by atoms with E-state index >= 15 is 0 Å². The number of rotatable bonds is 0. The summed E-state index contributed by atoms with van der Waals surface area (Å²) in [6.07, 6.45) is -1.25. The van der Waals surface area contributed by atoms with Gasteiger partial charge in [0.2, 0.25) is 0 Å². The summed E-state index contributed by atoms with van der Waals surface area (Å²) in [4.78, 5) is 0. The summed E-state index contributed by atoms with van der Waals surface area (Å²) in [5, 5.41) is 28.6. The molecule has 108 valence electrons. The Morgan fingerprint density at radius 2 is 0.842 bits per heavy atom. The summed E-state index contributed by atoms with van der Waals surface area (Å²) in [7, 11) is 0. The summed E-state index contributed by atoms with van der Waals surface area (Å²) in [6.45, 7) is 9.67. The smallest absolute Gasteiger partial charge is 0.852 e. The van der Waals surface area contributed by atoms with E-state index in [4.69, 9.17) is 0 Å². The molecule has 3 nitrogen and oxygen atoms in total. The third kappa shape index (κ3) is 132. The SMILES string of the molecule is CC(C)[O-].CC(C)[O-].CC(C)[O-].[Ti+4].[c-]1ccccc1. The fraction of sp³-hybridized carbons (Fsp3) is 0.600. The number of hydrogen-bond donors (Lipinski definition) is 0. The van der Waals surface area contributed by atoms with E-state index in [0.29, 0.717) is 0 Å². The zero-order valence-corrected chi connectivity index (χ0v) is 14.4. The van der Waals surface area contributed by atoms with Gasteiger partial charge in [0.25, 0.3) is 0 Å². The maximum Gasteiger partial charge on any atom is 4.00 e. The summed E-state index contributed by atoms with van der Waals surface area (Å²) in [5.74, 6) is 0. The standard InChI is InChI=1S/C6H5.3C3H7O.Ti/c1-2-4-6-5-3-1;3*1-3(2)4;/h1-5H;3*3H,1-2H3;/q4*-1;+4. The van der Waals surface area contributed by atoms with Crippen molar-refractivity contribution in [2.45, 2.75) is 59.9 Å². The molecule has 0 spiro atoms. The first-order chi connectivity index (χ1) is 8.20. The Bertz CT molecular complexity index is 165. The predicted molar refractivity (Wildman–Crippen MR) is 70.7 cm³/mol. The van der Waals surface area contributed by atoms with Gasteiger partial charge in [-0.25, -0.2) is 0 Å². The normalized spacial score (nSPS) is 8.21. The molecule has 0 unspecified atom stereocenters. The van der Waals surface area contributed by atoms with E-state index < -0.39 is 18.3 Å². The largest absolute Gasteiger partial charge is 4.00 e. The molecule has 0 aliphatic rings. The minimum absolute atomic E-state index is 0. The fourth-order valence-corrected chi connectivity index (χ4v) is 0.342. The van der Waals surface area contributed by atoms with Crippen LogP contribution in [0.1, 0.15) is 41.5 Å². The van der Waals surface area contributed by atoms with E-state index in [2.05, 4.69) is 6.07 Å². The fourth-order valence-electron chi connectivity index (χ4n) is 0.342. The van der Waals surface area contributed by atoms with Crippen molar-refractivity contribution < 1.29 is 37.0 Å². The van der Waals surface area contributed by atoms with Crippen LogP contribution in [0.25, 0.3) is 0 Å². The summed E-state index contributed by atoms with van der Waals surface area (Å²) >= 11 is 0. The molecule has 4 heteroatoms. The van der Waals surface area contributed by atoms with Crippen LogP contribution in [0.15, 0.2) is 30.3 Å². The van der Waals surface area contributed by atoms with E-state index in [1.165, 1.54) is 0 Å². The van der Waals surface area contributed by atoms with Gasteiger partial charge >= 0.3 is 21.7 Å². The van der Waals surface area contributed by atoms with Crippen molar-refractivity contribution in [1.29, 1.82) is 0 Å². The third-order valence-corrected chi connectivity index (χ3v) is 0.607. The van der Waals surface area contributed by atoms with E-state index in [9.17, 15) is 15.3 Å². The van der Waals surface area contributed by atoms with Crippen molar-refractivity contribution >= 4 is 0 Å². The van der Waals surface area contributed by atoms with Crippen molar-refractivity contribution in [3.8, 4) is 0 Å². The van der Waals surface area contributed by atoms with Crippen LogP contribution >= 0.6 is 0 Å². The molecule has 0 heterocycles. The van der Waals surface area contributed by atoms with E-state index in [1.807, 2.05) is 30.3 Å². The number of benzene rings is 1. The quantitative estimate of drug-likeness (QED) is 0.524. The Kier molecular flexibility index (Phi) is 32.9. The van der Waals surface area contributed by atoms with Crippen LogP contribution in [-0.2, 0) is 21.7 Å². The van der Waals surface area contributed by atoms with E-state index in [-0.39, 0.29) is 21.7 Å². The molecule has 0 aliphatic heterocycles. The van der Waals surface area contributed by atoms with Gasteiger partial charge in [0, 0.05) is 0 Å². The van der Waals surface area contributed by atoms with Gasteiger partial charge in [-0.15, -0.1) is 18.3 Å². The molecule has 1 aromatic carbocycles.